The van der Waals surface area contributed by atoms with Crippen molar-refractivity contribution in [3.8, 4) is 11.5 Å². The summed E-state index contributed by atoms with van der Waals surface area (Å²) in [7, 11) is 3.00. The van der Waals surface area contributed by atoms with Crippen molar-refractivity contribution < 1.29 is 14.3 Å². The van der Waals surface area contributed by atoms with Crippen molar-refractivity contribution in [2.75, 3.05) is 14.2 Å². The Labute approximate surface area is 70.9 Å². The van der Waals surface area contributed by atoms with Gasteiger partial charge in [-0.3, -0.25) is 4.79 Å². The number of aldehydes is 1. The third kappa shape index (κ3) is 1.48. The van der Waals surface area contributed by atoms with Crippen LogP contribution in [0.25, 0.3) is 0 Å². The number of ether oxygens (including phenoxy) is 2. The van der Waals surface area contributed by atoms with E-state index in [4.69, 9.17) is 9.47 Å². The van der Waals surface area contributed by atoms with E-state index in [1.807, 2.05) is 0 Å². The first-order chi connectivity index (χ1) is 5.81. The molecule has 0 fully saturated rings. The van der Waals surface area contributed by atoms with Crippen LogP contribution in [0.15, 0.2) is 6.07 Å². The van der Waals surface area contributed by atoms with Gasteiger partial charge in [0.15, 0.2) is 12.0 Å². The molecular formula is C9H8O3. The lowest BCUT2D eigenvalue weighted by Gasteiger charge is -2.02. The lowest BCUT2D eigenvalue weighted by molar-refractivity contribution is 0.112. The van der Waals surface area contributed by atoms with Crippen LogP contribution in [0.5, 0.6) is 11.5 Å². The Kier molecular flexibility index (Phi) is 2.54. The highest BCUT2D eigenvalue weighted by atomic mass is 16.5. The number of methoxy groups -OCH3 is 2. The van der Waals surface area contributed by atoms with Gasteiger partial charge >= 0.3 is 0 Å². The summed E-state index contributed by atoms with van der Waals surface area (Å²) >= 11 is 0. The van der Waals surface area contributed by atoms with Gasteiger partial charge in [-0.05, 0) is 6.07 Å². The van der Waals surface area contributed by atoms with E-state index in [0.29, 0.717) is 23.3 Å². The molecule has 0 amide bonds. The first-order valence-corrected chi connectivity index (χ1v) is 3.33. The van der Waals surface area contributed by atoms with Gasteiger partial charge in [0.25, 0.3) is 0 Å². The second-order valence-electron chi connectivity index (χ2n) is 2.07. The lowest BCUT2D eigenvalue weighted by Crippen LogP contribution is -1.90. The molecule has 0 atom stereocenters. The second-order valence-corrected chi connectivity index (χ2v) is 2.07. The van der Waals surface area contributed by atoms with Crippen LogP contribution >= 0.6 is 0 Å². The number of carbonyl (C=O) groups is 1. The Balaban J connectivity index is 3.10. The molecule has 12 heavy (non-hydrogen) atoms. The van der Waals surface area contributed by atoms with Gasteiger partial charge in [-0.2, -0.15) is 0 Å². The van der Waals surface area contributed by atoms with Gasteiger partial charge in [-0.15, -0.1) is 0 Å². The predicted molar refractivity (Wildman–Crippen MR) is 42.6 cm³/mol. The molecule has 1 aromatic carbocycles. The summed E-state index contributed by atoms with van der Waals surface area (Å²) in [5.41, 5.74) is 0.396. The summed E-state index contributed by atoms with van der Waals surface area (Å²) in [6.07, 6.45) is 0.679. The van der Waals surface area contributed by atoms with Gasteiger partial charge in [-0.1, -0.05) is 6.07 Å². The van der Waals surface area contributed by atoms with Crippen molar-refractivity contribution >= 4 is 6.29 Å². The number of hydrogen-bond acceptors (Lipinski definition) is 3. The SMILES string of the molecule is COc1c#cc(C=O)cc1OC. The predicted octanol–water partition coefficient (Wildman–Crippen LogP) is 1.12. The lowest BCUT2D eigenvalue weighted by atomic mass is 10.2. The molecule has 0 aliphatic carbocycles. The Hall–Kier alpha value is -1.69. The maximum absolute atomic E-state index is 10.3. The minimum atomic E-state index is 0.396. The number of carbonyl (C=O) groups excluding carboxylic acids is 1. The van der Waals surface area contributed by atoms with E-state index in [1.165, 1.54) is 14.2 Å². The van der Waals surface area contributed by atoms with E-state index in [0.717, 1.165) is 0 Å². The van der Waals surface area contributed by atoms with E-state index in [1.54, 1.807) is 6.07 Å². The summed E-state index contributed by atoms with van der Waals surface area (Å²) in [5, 5.41) is 0. The molecule has 0 heterocycles. The third-order valence-electron chi connectivity index (χ3n) is 1.38. The minimum Gasteiger partial charge on any atom is -0.492 e. The van der Waals surface area contributed by atoms with E-state index >= 15 is 0 Å². The van der Waals surface area contributed by atoms with Crippen LogP contribution in [-0.2, 0) is 0 Å². The van der Waals surface area contributed by atoms with Crippen LogP contribution in [0.3, 0.4) is 0 Å². The average Bonchev–Trinajstić information content (AvgIpc) is 2.16. The fraction of sp³-hybridized carbons (Fsp3) is 0.222. The molecule has 0 aromatic heterocycles. The molecule has 0 N–H and O–H groups in total. The molecule has 0 bridgehead atoms. The summed E-state index contributed by atoms with van der Waals surface area (Å²) < 4.78 is 9.85. The summed E-state index contributed by atoms with van der Waals surface area (Å²) in [6.45, 7) is 0. The molecule has 3 heteroatoms. The van der Waals surface area contributed by atoms with Gasteiger partial charge in [0.05, 0.1) is 19.8 Å². The van der Waals surface area contributed by atoms with E-state index in [2.05, 4.69) is 12.1 Å². The zero-order chi connectivity index (χ0) is 8.97. The Morgan fingerprint density at radius 1 is 1.33 bits per heavy atom. The first kappa shape index (κ1) is 8.41. The van der Waals surface area contributed by atoms with Crippen molar-refractivity contribution in [3.05, 3.63) is 23.8 Å². The van der Waals surface area contributed by atoms with Crippen LogP contribution in [0.4, 0.5) is 0 Å². The first-order valence-electron chi connectivity index (χ1n) is 3.33. The summed E-state index contributed by atoms with van der Waals surface area (Å²) in [6, 6.07) is 6.81. The molecule has 0 spiro atoms. The molecule has 0 aliphatic rings. The van der Waals surface area contributed by atoms with Crippen molar-refractivity contribution in [2.45, 2.75) is 0 Å². The Morgan fingerprint density at radius 3 is 2.58 bits per heavy atom. The molecule has 3 nitrogen and oxygen atoms in total. The molecule has 62 valence electrons. The number of hydrogen-bond donors (Lipinski definition) is 0. The molecule has 0 aliphatic heterocycles. The third-order valence-corrected chi connectivity index (χ3v) is 1.38. The topological polar surface area (TPSA) is 35.5 Å². The maximum atomic E-state index is 10.3. The van der Waals surface area contributed by atoms with Crippen molar-refractivity contribution in [2.24, 2.45) is 0 Å². The van der Waals surface area contributed by atoms with Crippen molar-refractivity contribution in [1.29, 1.82) is 0 Å². The highest BCUT2D eigenvalue weighted by Crippen LogP contribution is 2.23. The van der Waals surface area contributed by atoms with Crippen LogP contribution in [0.2, 0.25) is 0 Å². The molecule has 0 radical (unpaired) electrons. The molecule has 1 rings (SSSR count). The van der Waals surface area contributed by atoms with Crippen LogP contribution < -0.4 is 9.47 Å². The van der Waals surface area contributed by atoms with E-state index in [9.17, 15) is 4.79 Å². The summed E-state index contributed by atoms with van der Waals surface area (Å²) in [4.78, 5) is 10.3. The largest absolute Gasteiger partial charge is 0.492 e. The monoisotopic (exact) mass is 164 g/mol. The van der Waals surface area contributed by atoms with Crippen molar-refractivity contribution in [3.63, 3.8) is 0 Å². The highest BCUT2D eigenvalue weighted by molar-refractivity contribution is 5.74. The summed E-state index contributed by atoms with van der Waals surface area (Å²) in [5.74, 6) is 0.932. The Bertz CT molecular complexity index is 281. The van der Waals surface area contributed by atoms with Crippen LogP contribution in [0.1, 0.15) is 10.4 Å². The molecular weight excluding hydrogens is 156 g/mol. The molecule has 0 unspecified atom stereocenters. The van der Waals surface area contributed by atoms with Crippen LogP contribution in [0, 0.1) is 12.1 Å². The van der Waals surface area contributed by atoms with Gasteiger partial charge in [0.2, 0.25) is 5.75 Å². The zero-order valence-electron chi connectivity index (χ0n) is 6.88. The quantitative estimate of drug-likeness (QED) is 0.628. The van der Waals surface area contributed by atoms with Gasteiger partial charge < -0.3 is 9.47 Å². The van der Waals surface area contributed by atoms with Gasteiger partial charge in [-0.25, -0.2) is 0 Å². The standard InChI is InChI=1S/C9H8O3/c1-11-8-4-3-7(6-10)5-9(8)12-2/h5-6H,1-2H3. The maximum Gasteiger partial charge on any atom is 0.212 e. The second kappa shape index (κ2) is 3.63. The van der Waals surface area contributed by atoms with Crippen molar-refractivity contribution in [1.82, 2.24) is 0 Å². The smallest absolute Gasteiger partial charge is 0.212 e. The molecule has 0 saturated carbocycles. The van der Waals surface area contributed by atoms with E-state index < -0.39 is 0 Å². The normalized spacial score (nSPS) is 8.50. The van der Waals surface area contributed by atoms with Gasteiger partial charge in [0, 0.05) is 6.07 Å². The molecule has 0 saturated heterocycles. The minimum absolute atomic E-state index is 0.396. The van der Waals surface area contributed by atoms with E-state index in [-0.39, 0.29) is 0 Å². The Morgan fingerprint density at radius 2 is 2.08 bits per heavy atom. The number of rotatable bonds is 3. The van der Waals surface area contributed by atoms with Gasteiger partial charge in [0.1, 0.15) is 0 Å². The molecule has 1 aromatic rings. The highest BCUT2D eigenvalue weighted by Gasteiger charge is 2.01. The zero-order valence-corrected chi connectivity index (χ0v) is 6.88. The fourth-order valence-electron chi connectivity index (χ4n) is 0.800. The fourth-order valence-corrected chi connectivity index (χ4v) is 0.800. The average molecular weight is 164 g/mol. The van der Waals surface area contributed by atoms with Crippen LogP contribution in [-0.4, -0.2) is 20.5 Å².